The first-order valence-corrected chi connectivity index (χ1v) is 3.32. The molecule has 0 aromatic rings. The first kappa shape index (κ1) is 8.92. The van der Waals surface area contributed by atoms with Crippen molar-refractivity contribution in [3.63, 3.8) is 0 Å². The molecule has 0 bridgehead atoms. The summed E-state index contributed by atoms with van der Waals surface area (Å²) < 4.78 is 0. The van der Waals surface area contributed by atoms with Gasteiger partial charge in [-0.2, -0.15) is 0 Å². The van der Waals surface area contributed by atoms with Crippen LogP contribution in [0, 0.1) is 7.05 Å². The Hall–Kier alpha value is -0.0800. The van der Waals surface area contributed by atoms with Crippen LogP contribution in [0.4, 0.5) is 0 Å². The fraction of sp³-hybridized carbons (Fsp3) is 0.857. The van der Waals surface area contributed by atoms with Crippen LogP contribution >= 0.6 is 0 Å². The van der Waals surface area contributed by atoms with Gasteiger partial charge in [-0.05, 0) is 20.3 Å². The van der Waals surface area contributed by atoms with Crippen molar-refractivity contribution >= 4 is 0 Å². The second-order valence-electron chi connectivity index (χ2n) is 2.76. The van der Waals surface area contributed by atoms with E-state index in [1.165, 1.54) is 0 Å². The molecule has 2 heteroatoms. The van der Waals surface area contributed by atoms with Gasteiger partial charge in [-0.15, -0.1) is 0 Å². The molecule has 0 amide bonds. The average molecular weight is 130 g/mol. The molecule has 9 heavy (non-hydrogen) atoms. The summed E-state index contributed by atoms with van der Waals surface area (Å²) in [6.07, 6.45) is 2.18. The molecule has 55 valence electrons. The molecule has 1 N–H and O–H groups in total. The van der Waals surface area contributed by atoms with Crippen LogP contribution < -0.4 is 5.48 Å². The highest BCUT2D eigenvalue weighted by Crippen LogP contribution is 2.13. The highest BCUT2D eigenvalue weighted by atomic mass is 16.7. The molecule has 0 rings (SSSR count). The normalized spacial score (nSPS) is 12.0. The van der Waals surface area contributed by atoms with Crippen molar-refractivity contribution in [2.24, 2.45) is 0 Å². The molecule has 0 aliphatic heterocycles. The standard InChI is InChI=1S/C7H16NO/c1-5-6-7(2,3)9-8-4/h8H,4-6H2,1-3H3. The topological polar surface area (TPSA) is 21.3 Å². The summed E-state index contributed by atoms with van der Waals surface area (Å²) in [5.41, 5.74) is 2.37. The largest absolute Gasteiger partial charge is 0.296 e. The highest BCUT2D eigenvalue weighted by molar-refractivity contribution is 4.65. The van der Waals surface area contributed by atoms with Gasteiger partial charge in [0.15, 0.2) is 0 Å². The third-order valence-corrected chi connectivity index (χ3v) is 1.20. The molecule has 0 spiro atoms. The highest BCUT2D eigenvalue weighted by Gasteiger charge is 2.15. The van der Waals surface area contributed by atoms with Gasteiger partial charge in [-0.25, -0.2) is 5.48 Å². The number of nitrogens with one attached hydrogen (secondary N) is 1. The fourth-order valence-electron chi connectivity index (χ4n) is 0.848. The van der Waals surface area contributed by atoms with Gasteiger partial charge in [0.2, 0.25) is 0 Å². The summed E-state index contributed by atoms with van der Waals surface area (Å²) in [6.45, 7) is 6.21. The first-order chi connectivity index (χ1) is 4.12. The molecule has 0 aromatic heterocycles. The van der Waals surface area contributed by atoms with Crippen LogP contribution in [0.15, 0.2) is 0 Å². The van der Waals surface area contributed by atoms with E-state index in [4.69, 9.17) is 4.84 Å². The lowest BCUT2D eigenvalue weighted by Gasteiger charge is -2.22. The Morgan fingerprint density at radius 3 is 2.44 bits per heavy atom. The van der Waals surface area contributed by atoms with Crippen LogP contribution in [0.3, 0.4) is 0 Å². The lowest BCUT2D eigenvalue weighted by atomic mass is 10.0. The van der Waals surface area contributed by atoms with Gasteiger partial charge in [0, 0.05) is 7.05 Å². The second-order valence-corrected chi connectivity index (χ2v) is 2.76. The zero-order chi connectivity index (χ0) is 7.33. The van der Waals surface area contributed by atoms with E-state index in [9.17, 15) is 0 Å². The number of hydroxylamine groups is 1. The van der Waals surface area contributed by atoms with E-state index in [0.29, 0.717) is 0 Å². The van der Waals surface area contributed by atoms with E-state index >= 15 is 0 Å². The van der Waals surface area contributed by atoms with Crippen molar-refractivity contribution in [3.8, 4) is 0 Å². The van der Waals surface area contributed by atoms with Crippen molar-refractivity contribution in [3.05, 3.63) is 7.05 Å². The van der Waals surface area contributed by atoms with Gasteiger partial charge in [-0.1, -0.05) is 13.3 Å². The molecule has 1 radical (unpaired) electrons. The van der Waals surface area contributed by atoms with Gasteiger partial charge in [-0.3, -0.25) is 4.84 Å². The fourth-order valence-corrected chi connectivity index (χ4v) is 0.848. The maximum Gasteiger partial charge on any atom is 0.0840 e. The molecule has 0 aliphatic rings. The first-order valence-electron chi connectivity index (χ1n) is 3.32. The Labute approximate surface area is 57.5 Å². The predicted molar refractivity (Wildman–Crippen MR) is 38.6 cm³/mol. The third kappa shape index (κ3) is 4.43. The minimum atomic E-state index is -0.0729. The van der Waals surface area contributed by atoms with Crippen LogP contribution in [0.25, 0.3) is 0 Å². The minimum Gasteiger partial charge on any atom is -0.296 e. The number of rotatable bonds is 4. The molecule has 0 heterocycles. The van der Waals surface area contributed by atoms with Crippen molar-refractivity contribution in [2.45, 2.75) is 39.2 Å². The Morgan fingerprint density at radius 1 is 1.56 bits per heavy atom. The second kappa shape index (κ2) is 3.85. The summed E-state index contributed by atoms with van der Waals surface area (Å²) in [5, 5.41) is 0. The summed E-state index contributed by atoms with van der Waals surface area (Å²) >= 11 is 0. The Kier molecular flexibility index (Phi) is 3.82. The summed E-state index contributed by atoms with van der Waals surface area (Å²) in [5.74, 6) is 0. The van der Waals surface area contributed by atoms with E-state index < -0.39 is 0 Å². The molecule has 0 aromatic carbocycles. The van der Waals surface area contributed by atoms with E-state index in [2.05, 4.69) is 19.5 Å². The monoisotopic (exact) mass is 130 g/mol. The lowest BCUT2D eigenvalue weighted by Crippen LogP contribution is -2.28. The van der Waals surface area contributed by atoms with Gasteiger partial charge in [0.25, 0.3) is 0 Å². The van der Waals surface area contributed by atoms with Crippen LogP contribution in [0.5, 0.6) is 0 Å². The summed E-state index contributed by atoms with van der Waals surface area (Å²) in [7, 11) is 3.38. The molecule has 0 fully saturated rings. The Morgan fingerprint density at radius 2 is 2.11 bits per heavy atom. The SMILES string of the molecule is [CH2]NOC(C)(C)CCC. The van der Waals surface area contributed by atoms with Gasteiger partial charge in [0.05, 0.1) is 5.60 Å². The molecule has 0 aliphatic carbocycles. The number of hydrogen-bond donors (Lipinski definition) is 1. The van der Waals surface area contributed by atoms with Gasteiger partial charge < -0.3 is 0 Å². The van der Waals surface area contributed by atoms with E-state index in [1.54, 1.807) is 0 Å². The molecule has 0 atom stereocenters. The van der Waals surface area contributed by atoms with Crippen LogP contribution in [-0.2, 0) is 4.84 Å². The molecule has 0 unspecified atom stereocenters. The molecule has 0 saturated carbocycles. The van der Waals surface area contributed by atoms with Crippen molar-refractivity contribution in [1.29, 1.82) is 0 Å². The minimum absolute atomic E-state index is 0.0729. The lowest BCUT2D eigenvalue weighted by molar-refractivity contribution is -0.0714. The van der Waals surface area contributed by atoms with Gasteiger partial charge in [0.1, 0.15) is 0 Å². The zero-order valence-corrected chi connectivity index (χ0v) is 6.53. The quantitative estimate of drug-likeness (QED) is 0.587. The van der Waals surface area contributed by atoms with Crippen LogP contribution in [0.2, 0.25) is 0 Å². The van der Waals surface area contributed by atoms with Crippen LogP contribution in [0.1, 0.15) is 33.6 Å². The van der Waals surface area contributed by atoms with Gasteiger partial charge >= 0.3 is 0 Å². The van der Waals surface area contributed by atoms with Crippen molar-refractivity contribution in [2.75, 3.05) is 0 Å². The van der Waals surface area contributed by atoms with Crippen LogP contribution in [-0.4, -0.2) is 5.60 Å². The molecular formula is C7H16NO. The Balaban J connectivity index is 3.43. The third-order valence-electron chi connectivity index (χ3n) is 1.20. The van der Waals surface area contributed by atoms with Crippen molar-refractivity contribution < 1.29 is 4.84 Å². The summed E-state index contributed by atoms with van der Waals surface area (Å²) in [4.78, 5) is 5.11. The molecular weight excluding hydrogens is 114 g/mol. The molecule has 2 nitrogen and oxygen atoms in total. The van der Waals surface area contributed by atoms with E-state index in [-0.39, 0.29) is 5.60 Å². The maximum absolute atomic E-state index is 5.11. The smallest absolute Gasteiger partial charge is 0.0840 e. The Bertz CT molecular complexity index is 63.3. The summed E-state index contributed by atoms with van der Waals surface area (Å²) in [6, 6.07) is 0. The van der Waals surface area contributed by atoms with Crippen molar-refractivity contribution in [1.82, 2.24) is 5.48 Å². The zero-order valence-electron chi connectivity index (χ0n) is 6.53. The van der Waals surface area contributed by atoms with E-state index in [1.807, 2.05) is 13.8 Å². The number of hydrogen-bond acceptors (Lipinski definition) is 2. The maximum atomic E-state index is 5.11. The van der Waals surface area contributed by atoms with E-state index in [0.717, 1.165) is 12.8 Å². The predicted octanol–water partition coefficient (Wildman–Crippen LogP) is 1.88. The molecule has 0 saturated heterocycles. The average Bonchev–Trinajstić information content (AvgIpc) is 1.64.